The molecule has 40 heavy (non-hydrogen) atoms. The predicted molar refractivity (Wildman–Crippen MR) is 149 cm³/mol. The first kappa shape index (κ1) is 30.6. The molecule has 1 atom stereocenters. The zero-order valence-corrected chi connectivity index (χ0v) is 23.6. The normalized spacial score (nSPS) is 17.4. The van der Waals surface area contributed by atoms with E-state index in [0.29, 0.717) is 5.54 Å². The largest absolute Gasteiger partial charge is 0.384 e. The van der Waals surface area contributed by atoms with Crippen molar-refractivity contribution < 1.29 is 13.9 Å². The number of nitrogens with one attached hydrogen (secondary N) is 1. The highest BCUT2D eigenvalue weighted by atomic mass is 19.1. The number of aliphatic hydroxyl groups is 1. The molecule has 0 saturated carbocycles. The van der Waals surface area contributed by atoms with Gasteiger partial charge in [-0.2, -0.15) is 14.3 Å². The quantitative estimate of drug-likeness (QED) is 0.414. The Bertz CT molecular complexity index is 1430. The van der Waals surface area contributed by atoms with E-state index >= 15 is 0 Å². The second-order valence-corrected chi connectivity index (χ2v) is 9.85. The van der Waals surface area contributed by atoms with Gasteiger partial charge in [-0.05, 0) is 68.6 Å². The van der Waals surface area contributed by atoms with Gasteiger partial charge in [0.05, 0.1) is 23.1 Å². The fourth-order valence-corrected chi connectivity index (χ4v) is 4.94. The van der Waals surface area contributed by atoms with Gasteiger partial charge in [0.15, 0.2) is 11.6 Å². The van der Waals surface area contributed by atoms with Crippen LogP contribution in [0.2, 0.25) is 0 Å². The Balaban J connectivity index is 0.000000280. The van der Waals surface area contributed by atoms with E-state index in [1.54, 1.807) is 0 Å². The molecular weight excluding hydrogens is 520 g/mol. The minimum atomic E-state index is -0.817. The molecule has 2 aliphatic heterocycles. The molecule has 1 aromatic carbocycles. The summed E-state index contributed by atoms with van der Waals surface area (Å²) in [5.41, 5.74) is 5.35. The zero-order valence-electron chi connectivity index (χ0n) is 23.6. The molecule has 5 rings (SSSR count). The van der Waals surface area contributed by atoms with Crippen molar-refractivity contribution in [3.05, 3.63) is 46.0 Å². The number of halogens is 2. The summed E-state index contributed by atoms with van der Waals surface area (Å²) in [4.78, 5) is 22.2. The van der Waals surface area contributed by atoms with Crippen molar-refractivity contribution in [2.45, 2.75) is 71.4 Å². The number of hydrogen-bond donors (Lipinski definition) is 3. The highest BCUT2D eigenvalue weighted by Gasteiger charge is 2.38. The standard InChI is InChI=1S/C15H12F2N8O2.C10H19N.C2H6/c1-24-15(27)25(23-22-24)12-6-11(9(16)5-8(12)3-2-4-26)20-14-19-7-10(17)13(18)21-14;1-10(2)7-3-5-9-6-4-8-11(9)10;1-2/h5-7,26H,4H2,1H3,(H3,18,19,20,21);9H,3-8H2,1-2H3;1-2H3. The first-order valence-corrected chi connectivity index (χ1v) is 13.3. The summed E-state index contributed by atoms with van der Waals surface area (Å²) < 4.78 is 29.5. The van der Waals surface area contributed by atoms with E-state index in [9.17, 15) is 13.6 Å². The van der Waals surface area contributed by atoms with Crippen LogP contribution in [0.1, 0.15) is 65.4 Å². The van der Waals surface area contributed by atoms with Crippen LogP contribution >= 0.6 is 0 Å². The zero-order chi connectivity index (χ0) is 29.4. The number of piperidine rings is 1. The molecule has 3 aromatic rings. The molecule has 4 heterocycles. The monoisotopic (exact) mass is 557 g/mol. The minimum Gasteiger partial charge on any atom is -0.384 e. The fourth-order valence-electron chi connectivity index (χ4n) is 4.94. The van der Waals surface area contributed by atoms with Crippen LogP contribution in [0.3, 0.4) is 0 Å². The molecule has 0 aliphatic carbocycles. The number of aromatic nitrogens is 6. The topological polar surface area (TPSA) is 140 Å². The van der Waals surface area contributed by atoms with Crippen LogP contribution in [0.5, 0.6) is 0 Å². The van der Waals surface area contributed by atoms with Gasteiger partial charge in [0.25, 0.3) is 0 Å². The lowest BCUT2D eigenvalue weighted by Gasteiger charge is -2.44. The summed E-state index contributed by atoms with van der Waals surface area (Å²) in [6, 6.07) is 3.21. The third kappa shape index (κ3) is 7.00. The number of nitrogen functional groups attached to an aromatic ring is 1. The first-order valence-electron chi connectivity index (χ1n) is 13.3. The van der Waals surface area contributed by atoms with Crippen LogP contribution < -0.4 is 16.7 Å². The number of anilines is 3. The van der Waals surface area contributed by atoms with E-state index < -0.39 is 29.7 Å². The van der Waals surface area contributed by atoms with Crippen LogP contribution in [0.25, 0.3) is 5.69 Å². The van der Waals surface area contributed by atoms with Crippen molar-refractivity contribution in [3.8, 4) is 17.5 Å². The molecule has 216 valence electrons. The molecule has 0 spiro atoms. The third-order valence-electron chi connectivity index (χ3n) is 6.84. The van der Waals surface area contributed by atoms with Crippen LogP contribution in [0.4, 0.5) is 26.2 Å². The number of nitrogens with zero attached hydrogens (tertiary/aromatic N) is 7. The van der Waals surface area contributed by atoms with Crippen LogP contribution in [-0.2, 0) is 7.05 Å². The first-order chi connectivity index (χ1) is 19.1. The Morgan fingerprint density at radius 2 is 1.90 bits per heavy atom. The average molecular weight is 558 g/mol. The number of aliphatic hydroxyl groups excluding tert-OH is 1. The summed E-state index contributed by atoms with van der Waals surface area (Å²) in [5.74, 6) is 2.77. The Morgan fingerprint density at radius 3 is 2.52 bits per heavy atom. The molecule has 1 unspecified atom stereocenters. The van der Waals surface area contributed by atoms with E-state index in [4.69, 9.17) is 10.8 Å². The number of hydrogen-bond acceptors (Lipinski definition) is 9. The molecule has 0 bridgehead atoms. The van der Waals surface area contributed by atoms with E-state index in [1.807, 2.05) is 13.8 Å². The maximum absolute atomic E-state index is 14.5. The predicted octanol–water partition coefficient (Wildman–Crippen LogP) is 3.14. The van der Waals surface area contributed by atoms with Gasteiger partial charge in [0.1, 0.15) is 12.4 Å². The minimum absolute atomic E-state index is 0.0919. The van der Waals surface area contributed by atoms with Crippen molar-refractivity contribution in [2.24, 2.45) is 7.05 Å². The number of benzene rings is 1. The van der Waals surface area contributed by atoms with Crippen molar-refractivity contribution in [1.29, 1.82) is 0 Å². The number of fused-ring (bicyclic) bond motifs is 1. The molecule has 2 saturated heterocycles. The van der Waals surface area contributed by atoms with Gasteiger partial charge in [0.2, 0.25) is 5.95 Å². The Morgan fingerprint density at radius 1 is 1.18 bits per heavy atom. The molecule has 0 radical (unpaired) electrons. The van der Waals surface area contributed by atoms with Gasteiger partial charge < -0.3 is 16.2 Å². The summed E-state index contributed by atoms with van der Waals surface area (Å²) in [5, 5.41) is 18.7. The second-order valence-electron chi connectivity index (χ2n) is 9.85. The molecule has 4 N–H and O–H groups in total. The van der Waals surface area contributed by atoms with Gasteiger partial charge in [-0.3, -0.25) is 4.90 Å². The van der Waals surface area contributed by atoms with Gasteiger partial charge in [-0.25, -0.2) is 18.6 Å². The highest BCUT2D eigenvalue weighted by Crippen LogP contribution is 2.37. The summed E-state index contributed by atoms with van der Waals surface area (Å²) >= 11 is 0. The maximum atomic E-state index is 14.5. The Hall–Kier alpha value is -3.89. The third-order valence-corrected chi connectivity index (χ3v) is 6.84. The number of nitrogens with two attached hydrogens (primary N) is 1. The number of rotatable bonds is 3. The summed E-state index contributed by atoms with van der Waals surface area (Å²) in [7, 11) is 1.39. The molecule has 13 heteroatoms. The van der Waals surface area contributed by atoms with Crippen molar-refractivity contribution in [3.63, 3.8) is 0 Å². The average Bonchev–Trinajstić information content (AvgIpc) is 3.55. The van der Waals surface area contributed by atoms with E-state index in [1.165, 1.54) is 51.8 Å². The van der Waals surface area contributed by atoms with Gasteiger partial charge in [0, 0.05) is 18.6 Å². The second kappa shape index (κ2) is 13.5. The maximum Gasteiger partial charge on any atom is 0.368 e. The lowest BCUT2D eigenvalue weighted by Crippen LogP contribution is -2.49. The van der Waals surface area contributed by atoms with Crippen molar-refractivity contribution in [1.82, 2.24) is 34.7 Å². The molecule has 2 fully saturated rings. The molecule has 2 aromatic heterocycles. The molecular formula is C27H37F2N9O2. The fraction of sp³-hybridized carbons (Fsp3) is 0.519. The lowest BCUT2D eigenvalue weighted by atomic mass is 9.87. The van der Waals surface area contributed by atoms with Gasteiger partial charge in [-0.15, -0.1) is 0 Å². The highest BCUT2D eigenvalue weighted by molar-refractivity contribution is 5.64. The van der Waals surface area contributed by atoms with Crippen molar-refractivity contribution >= 4 is 17.5 Å². The van der Waals surface area contributed by atoms with Crippen molar-refractivity contribution in [2.75, 3.05) is 24.2 Å². The van der Waals surface area contributed by atoms with Crippen LogP contribution in [-0.4, -0.2) is 64.5 Å². The van der Waals surface area contributed by atoms with Crippen LogP contribution in [0.15, 0.2) is 23.1 Å². The Kier molecular flexibility index (Phi) is 10.3. The molecule has 2 aliphatic rings. The lowest BCUT2D eigenvalue weighted by molar-refractivity contribution is 0.0567. The van der Waals surface area contributed by atoms with Gasteiger partial charge >= 0.3 is 5.69 Å². The number of tetrazole rings is 1. The summed E-state index contributed by atoms with van der Waals surface area (Å²) in [6.07, 6.45) is 8.05. The SMILES string of the molecule is CC.CC1(C)CCCC2CCCN21.Cn1nnn(-c2cc(Nc3ncc(F)c(N)n3)c(F)cc2C#CCO)c1=O. The number of aryl methyl sites for hydroxylation is 1. The summed E-state index contributed by atoms with van der Waals surface area (Å²) in [6.45, 7) is 9.71. The Labute approximate surface area is 232 Å². The van der Waals surface area contributed by atoms with E-state index in [-0.39, 0.29) is 22.9 Å². The smallest absolute Gasteiger partial charge is 0.368 e. The molecule has 11 nitrogen and oxygen atoms in total. The molecule has 0 amide bonds. The van der Waals surface area contributed by atoms with Crippen LogP contribution in [0, 0.1) is 23.5 Å². The van der Waals surface area contributed by atoms with E-state index in [0.717, 1.165) is 27.7 Å². The van der Waals surface area contributed by atoms with Gasteiger partial charge in [-0.1, -0.05) is 32.1 Å². The van der Waals surface area contributed by atoms with E-state index in [2.05, 4.69) is 56.3 Å².